The highest BCUT2D eigenvalue weighted by Gasteiger charge is 2.11. The van der Waals surface area contributed by atoms with Crippen LogP contribution in [0.1, 0.15) is 24.2 Å². The van der Waals surface area contributed by atoms with Crippen LogP contribution < -0.4 is 5.32 Å². The number of nitrogens with zero attached hydrogens (tertiary/aromatic N) is 1. The van der Waals surface area contributed by atoms with Crippen molar-refractivity contribution in [1.82, 2.24) is 4.98 Å². The van der Waals surface area contributed by atoms with E-state index in [1.807, 2.05) is 42.5 Å². The number of fused-ring (bicyclic) bond motifs is 1. The first-order valence-corrected chi connectivity index (χ1v) is 9.64. The van der Waals surface area contributed by atoms with Crippen LogP contribution in [0.2, 0.25) is 0 Å². The highest BCUT2D eigenvalue weighted by molar-refractivity contribution is 9.10. The Morgan fingerprint density at radius 2 is 2.09 bits per heavy atom. The Bertz CT molecular complexity index is 861. The van der Waals surface area contributed by atoms with E-state index < -0.39 is 0 Å². The second-order valence-electron chi connectivity index (χ2n) is 5.28. The van der Waals surface area contributed by atoms with E-state index in [4.69, 9.17) is 0 Å². The van der Waals surface area contributed by atoms with Crippen LogP contribution in [0.15, 0.2) is 51.8 Å². The zero-order chi connectivity index (χ0) is 16.4. The number of anilines is 1. The van der Waals surface area contributed by atoms with Crippen LogP contribution in [-0.4, -0.2) is 16.1 Å². The molecular formula is C17H15BrN2OS2. The molecule has 0 unspecified atom stereocenters. The first-order chi connectivity index (χ1) is 11.0. The first-order valence-electron chi connectivity index (χ1n) is 7.15. The number of aromatic nitrogens is 1. The lowest BCUT2D eigenvalue weighted by molar-refractivity contribution is 0.102. The highest BCUT2D eigenvalue weighted by Crippen LogP contribution is 2.29. The average molecular weight is 407 g/mol. The molecular weight excluding hydrogens is 392 g/mol. The van der Waals surface area contributed by atoms with E-state index in [0.29, 0.717) is 15.9 Å². The van der Waals surface area contributed by atoms with Crippen LogP contribution in [0.4, 0.5) is 5.13 Å². The molecule has 2 aromatic carbocycles. The van der Waals surface area contributed by atoms with E-state index in [1.165, 1.54) is 11.3 Å². The van der Waals surface area contributed by atoms with E-state index in [0.717, 1.165) is 19.6 Å². The fourth-order valence-corrected chi connectivity index (χ4v) is 4.41. The first kappa shape index (κ1) is 16.5. The molecule has 1 aromatic heterocycles. The van der Waals surface area contributed by atoms with E-state index in [9.17, 15) is 4.79 Å². The molecule has 0 fully saturated rings. The smallest absolute Gasteiger partial charge is 0.257 e. The number of thioether (sulfide) groups is 1. The molecule has 0 saturated carbocycles. The van der Waals surface area contributed by atoms with Crippen LogP contribution in [0, 0.1) is 0 Å². The Morgan fingerprint density at radius 3 is 2.87 bits per heavy atom. The molecule has 6 heteroatoms. The quantitative estimate of drug-likeness (QED) is 0.555. The van der Waals surface area contributed by atoms with Crippen molar-refractivity contribution in [1.29, 1.82) is 0 Å². The second-order valence-corrected chi connectivity index (χ2v) is 8.88. The van der Waals surface area contributed by atoms with Gasteiger partial charge in [-0.15, -0.1) is 11.8 Å². The third-order valence-corrected chi connectivity index (χ3v) is 5.46. The number of nitrogens with one attached hydrogen (secondary N) is 1. The van der Waals surface area contributed by atoms with Gasteiger partial charge < -0.3 is 0 Å². The molecule has 1 N–H and O–H groups in total. The predicted molar refractivity (Wildman–Crippen MR) is 103 cm³/mol. The van der Waals surface area contributed by atoms with Crippen molar-refractivity contribution in [3.8, 4) is 0 Å². The minimum atomic E-state index is -0.130. The summed E-state index contributed by atoms with van der Waals surface area (Å²) in [5, 5.41) is 3.99. The van der Waals surface area contributed by atoms with Crippen LogP contribution >= 0.6 is 39.0 Å². The molecule has 0 atom stereocenters. The van der Waals surface area contributed by atoms with Gasteiger partial charge in [-0.2, -0.15) is 0 Å². The van der Waals surface area contributed by atoms with Crippen molar-refractivity contribution < 1.29 is 4.79 Å². The molecule has 3 aromatic rings. The van der Waals surface area contributed by atoms with E-state index in [-0.39, 0.29) is 5.91 Å². The number of benzene rings is 2. The summed E-state index contributed by atoms with van der Waals surface area (Å²) in [6.45, 7) is 4.27. The number of hydrogen-bond donors (Lipinski definition) is 1. The van der Waals surface area contributed by atoms with Crippen LogP contribution in [0.5, 0.6) is 0 Å². The van der Waals surface area contributed by atoms with Gasteiger partial charge in [0.1, 0.15) is 0 Å². The molecule has 1 heterocycles. The van der Waals surface area contributed by atoms with Gasteiger partial charge in [0, 0.05) is 20.2 Å². The van der Waals surface area contributed by atoms with Crippen molar-refractivity contribution in [3.63, 3.8) is 0 Å². The van der Waals surface area contributed by atoms with Gasteiger partial charge in [0.2, 0.25) is 0 Å². The summed E-state index contributed by atoms with van der Waals surface area (Å²) in [6.07, 6.45) is 0. The molecule has 23 heavy (non-hydrogen) atoms. The van der Waals surface area contributed by atoms with Crippen molar-refractivity contribution in [3.05, 3.63) is 52.5 Å². The number of carbonyl (C=O) groups is 1. The third-order valence-electron chi connectivity index (χ3n) is 3.04. The zero-order valence-corrected chi connectivity index (χ0v) is 15.9. The Kier molecular flexibility index (Phi) is 5.04. The summed E-state index contributed by atoms with van der Waals surface area (Å²) in [4.78, 5) is 18.0. The summed E-state index contributed by atoms with van der Waals surface area (Å²) in [7, 11) is 0. The van der Waals surface area contributed by atoms with Crippen LogP contribution in [-0.2, 0) is 0 Å². The lowest BCUT2D eigenvalue weighted by Crippen LogP contribution is -2.11. The van der Waals surface area contributed by atoms with Crippen LogP contribution in [0.3, 0.4) is 0 Å². The van der Waals surface area contributed by atoms with Crippen molar-refractivity contribution in [2.24, 2.45) is 0 Å². The summed E-state index contributed by atoms with van der Waals surface area (Å²) in [5.41, 5.74) is 1.54. The number of carbonyl (C=O) groups excluding carboxylic acids is 1. The molecule has 1 amide bonds. The maximum Gasteiger partial charge on any atom is 0.257 e. The minimum Gasteiger partial charge on any atom is -0.298 e. The lowest BCUT2D eigenvalue weighted by Gasteiger charge is -2.07. The Morgan fingerprint density at radius 1 is 1.26 bits per heavy atom. The molecule has 0 saturated heterocycles. The monoisotopic (exact) mass is 406 g/mol. The Hall–Kier alpha value is -1.37. The Balaban J connectivity index is 1.80. The molecule has 0 aliphatic heterocycles. The molecule has 3 rings (SSSR count). The molecule has 0 aliphatic carbocycles. The van der Waals surface area contributed by atoms with Gasteiger partial charge in [0.05, 0.1) is 10.2 Å². The highest BCUT2D eigenvalue weighted by atomic mass is 79.9. The van der Waals surface area contributed by atoms with Gasteiger partial charge in [0.25, 0.3) is 5.91 Å². The standard InChI is InChI=1S/C17H15BrN2OS2/c1-10(2)22-13-5-3-4-11(8-13)16(21)20-17-19-14-7-6-12(18)9-15(14)23-17/h3-10H,1-2H3,(H,19,20,21). The lowest BCUT2D eigenvalue weighted by atomic mass is 10.2. The topological polar surface area (TPSA) is 42.0 Å². The molecule has 0 bridgehead atoms. The van der Waals surface area contributed by atoms with E-state index >= 15 is 0 Å². The largest absolute Gasteiger partial charge is 0.298 e. The van der Waals surface area contributed by atoms with Crippen molar-refractivity contribution in [2.75, 3.05) is 5.32 Å². The number of halogens is 1. The molecule has 3 nitrogen and oxygen atoms in total. The maximum absolute atomic E-state index is 12.4. The number of thiazole rings is 1. The maximum atomic E-state index is 12.4. The van der Waals surface area contributed by atoms with Crippen molar-refractivity contribution >= 4 is 60.3 Å². The normalized spacial score (nSPS) is 11.1. The van der Waals surface area contributed by atoms with Gasteiger partial charge in [0.15, 0.2) is 5.13 Å². The average Bonchev–Trinajstić information content (AvgIpc) is 2.88. The van der Waals surface area contributed by atoms with Crippen molar-refractivity contribution in [2.45, 2.75) is 24.0 Å². The van der Waals surface area contributed by atoms with Crippen LogP contribution in [0.25, 0.3) is 10.2 Å². The fourth-order valence-electron chi connectivity index (χ4n) is 2.10. The van der Waals surface area contributed by atoms with E-state index in [2.05, 4.69) is 40.1 Å². The SMILES string of the molecule is CC(C)Sc1cccc(C(=O)Nc2nc3ccc(Br)cc3s2)c1. The Labute approximate surface area is 151 Å². The van der Waals surface area contributed by atoms with Gasteiger partial charge >= 0.3 is 0 Å². The van der Waals surface area contributed by atoms with Gasteiger partial charge in [-0.1, -0.05) is 47.2 Å². The summed E-state index contributed by atoms with van der Waals surface area (Å²) in [6, 6.07) is 13.6. The molecule has 0 radical (unpaired) electrons. The molecule has 0 aliphatic rings. The summed E-state index contributed by atoms with van der Waals surface area (Å²) >= 11 is 6.66. The summed E-state index contributed by atoms with van der Waals surface area (Å²) in [5.74, 6) is -0.130. The predicted octanol–water partition coefficient (Wildman–Crippen LogP) is 5.81. The second kappa shape index (κ2) is 7.03. The fraction of sp³-hybridized carbons (Fsp3) is 0.176. The van der Waals surface area contributed by atoms with Gasteiger partial charge in [-0.05, 0) is 36.4 Å². The van der Waals surface area contributed by atoms with E-state index in [1.54, 1.807) is 11.8 Å². The molecule has 0 spiro atoms. The minimum absolute atomic E-state index is 0.130. The molecule has 118 valence electrons. The number of rotatable bonds is 4. The third kappa shape index (κ3) is 4.13. The number of amides is 1. The van der Waals surface area contributed by atoms with Gasteiger partial charge in [-0.3, -0.25) is 10.1 Å². The summed E-state index contributed by atoms with van der Waals surface area (Å²) < 4.78 is 2.05. The number of hydrogen-bond acceptors (Lipinski definition) is 4. The zero-order valence-electron chi connectivity index (χ0n) is 12.7. The van der Waals surface area contributed by atoms with Gasteiger partial charge in [-0.25, -0.2) is 4.98 Å².